The van der Waals surface area contributed by atoms with E-state index in [1.54, 1.807) is 4.90 Å². The Balaban J connectivity index is 1.69. The summed E-state index contributed by atoms with van der Waals surface area (Å²) < 4.78 is 5.39. The van der Waals surface area contributed by atoms with Gasteiger partial charge < -0.3 is 14.5 Å². The number of quaternary nitrogens is 1. The number of nitrogens with one attached hydrogen (secondary N) is 1. The largest absolute Gasteiger partial charge is 0.370 e. The van der Waals surface area contributed by atoms with Crippen molar-refractivity contribution in [2.24, 2.45) is 0 Å². The number of carbonyl (C=O) groups is 1. The van der Waals surface area contributed by atoms with Gasteiger partial charge in [0.15, 0.2) is 5.11 Å². The zero-order valence-corrected chi connectivity index (χ0v) is 16.6. The molecule has 5 nitrogen and oxygen atoms in total. The minimum absolute atomic E-state index is 0.00176. The molecule has 0 unspecified atom stereocenters. The number of rotatable bonds is 5. The Labute approximate surface area is 161 Å². The molecule has 0 bridgehead atoms. The van der Waals surface area contributed by atoms with Gasteiger partial charge in [-0.05, 0) is 35.3 Å². The van der Waals surface area contributed by atoms with Gasteiger partial charge in [-0.15, -0.1) is 0 Å². The first-order chi connectivity index (χ1) is 12.5. The predicted molar refractivity (Wildman–Crippen MR) is 107 cm³/mol. The van der Waals surface area contributed by atoms with Crippen molar-refractivity contribution < 1.29 is 14.4 Å². The monoisotopic (exact) mass is 374 g/mol. The van der Waals surface area contributed by atoms with Crippen LogP contribution in [-0.4, -0.2) is 67.3 Å². The van der Waals surface area contributed by atoms with E-state index in [4.69, 9.17) is 17.0 Å². The number of nitrogens with zero attached hydrogens (tertiary/aromatic N) is 2. The minimum atomic E-state index is -0.00176. The second kappa shape index (κ2) is 8.29. The number of ether oxygens (including phenoxy) is 1. The molecular weight excluding hydrogens is 346 g/mol. The fourth-order valence-corrected chi connectivity index (χ4v) is 3.60. The van der Waals surface area contributed by atoms with Crippen LogP contribution in [0.4, 0.5) is 0 Å². The lowest BCUT2D eigenvalue weighted by atomic mass is 10.0. The molecule has 0 atom stereocenters. The third-order valence-electron chi connectivity index (χ3n) is 5.14. The molecule has 2 heterocycles. The normalized spacial score (nSPS) is 20.7. The van der Waals surface area contributed by atoms with Gasteiger partial charge in [0.2, 0.25) is 0 Å². The Morgan fingerprint density at radius 2 is 1.88 bits per heavy atom. The molecule has 2 aliphatic rings. The van der Waals surface area contributed by atoms with Crippen molar-refractivity contribution in [3.05, 3.63) is 41.1 Å². The van der Waals surface area contributed by atoms with E-state index in [9.17, 15) is 4.79 Å². The molecule has 1 aromatic rings. The maximum atomic E-state index is 12.9. The molecule has 0 spiro atoms. The van der Waals surface area contributed by atoms with E-state index in [0.29, 0.717) is 23.3 Å². The van der Waals surface area contributed by atoms with Crippen molar-refractivity contribution >= 4 is 29.3 Å². The molecule has 3 rings (SSSR count). The van der Waals surface area contributed by atoms with Crippen LogP contribution in [0, 0.1) is 0 Å². The van der Waals surface area contributed by atoms with Gasteiger partial charge in [-0.2, -0.15) is 0 Å². The van der Waals surface area contributed by atoms with E-state index in [2.05, 4.69) is 38.1 Å². The number of hydrogen-bond donors (Lipinski definition) is 1. The van der Waals surface area contributed by atoms with Crippen LogP contribution >= 0.6 is 12.2 Å². The number of likely N-dealkylation sites (N-methyl/N-ethyl adjacent to an activating group) is 1. The van der Waals surface area contributed by atoms with Crippen LogP contribution < -0.4 is 4.90 Å². The van der Waals surface area contributed by atoms with Gasteiger partial charge in [-0.1, -0.05) is 38.1 Å². The van der Waals surface area contributed by atoms with Gasteiger partial charge in [-0.25, -0.2) is 0 Å². The molecular formula is C20H28N3O2S+. The smallest absolute Gasteiger partial charge is 0.276 e. The molecule has 1 N–H and O–H groups in total. The third kappa shape index (κ3) is 4.14. The maximum absolute atomic E-state index is 12.9. The number of hydrogen-bond acceptors (Lipinski definition) is 3. The molecule has 1 aromatic carbocycles. The summed E-state index contributed by atoms with van der Waals surface area (Å²) in [4.78, 5) is 17.9. The van der Waals surface area contributed by atoms with Crippen LogP contribution in [0.3, 0.4) is 0 Å². The van der Waals surface area contributed by atoms with Crippen molar-refractivity contribution in [3.63, 3.8) is 0 Å². The summed E-state index contributed by atoms with van der Waals surface area (Å²) in [5.74, 6) is 0.497. The van der Waals surface area contributed by atoms with Crippen molar-refractivity contribution in [2.75, 3.05) is 46.4 Å². The Hall–Kier alpha value is -1.76. The quantitative estimate of drug-likeness (QED) is 0.619. The van der Waals surface area contributed by atoms with Crippen LogP contribution in [0.5, 0.6) is 0 Å². The molecule has 2 aliphatic heterocycles. The number of thiocarbonyl (C=S) groups is 1. The Bertz CT molecular complexity index is 694. The molecule has 6 heteroatoms. The minimum Gasteiger partial charge on any atom is -0.370 e. The summed E-state index contributed by atoms with van der Waals surface area (Å²) in [6.45, 7) is 9.49. The average Bonchev–Trinajstić information content (AvgIpc) is 2.85. The lowest BCUT2D eigenvalue weighted by molar-refractivity contribution is -0.907. The summed E-state index contributed by atoms with van der Waals surface area (Å²) >= 11 is 5.51. The molecule has 0 aliphatic carbocycles. The van der Waals surface area contributed by atoms with Crippen molar-refractivity contribution in [1.82, 2.24) is 9.80 Å². The molecule has 1 amide bonds. The van der Waals surface area contributed by atoms with E-state index in [0.717, 1.165) is 38.4 Å². The lowest BCUT2D eigenvalue weighted by Crippen LogP contribution is -3.14. The fraction of sp³-hybridized carbons (Fsp3) is 0.500. The Kier molecular flexibility index (Phi) is 6.06. The first-order valence-corrected chi connectivity index (χ1v) is 9.70. The highest BCUT2D eigenvalue weighted by Crippen LogP contribution is 2.23. The van der Waals surface area contributed by atoms with Gasteiger partial charge in [0.25, 0.3) is 5.91 Å². The zero-order chi connectivity index (χ0) is 18.7. The summed E-state index contributed by atoms with van der Waals surface area (Å²) in [6, 6.07) is 8.36. The molecule has 140 valence electrons. The molecule has 26 heavy (non-hydrogen) atoms. The number of amides is 1. The van der Waals surface area contributed by atoms with Gasteiger partial charge in [0, 0.05) is 7.05 Å². The first-order valence-electron chi connectivity index (χ1n) is 9.30. The molecule has 0 radical (unpaired) electrons. The van der Waals surface area contributed by atoms with Crippen molar-refractivity contribution in [1.29, 1.82) is 0 Å². The Morgan fingerprint density at radius 3 is 2.50 bits per heavy atom. The predicted octanol–water partition coefficient (Wildman–Crippen LogP) is 1.12. The zero-order valence-electron chi connectivity index (χ0n) is 15.8. The summed E-state index contributed by atoms with van der Waals surface area (Å²) in [6.07, 6.45) is 1.93. The summed E-state index contributed by atoms with van der Waals surface area (Å²) in [5, 5.41) is 0.590. The van der Waals surface area contributed by atoms with Crippen LogP contribution in [0.25, 0.3) is 6.08 Å². The maximum Gasteiger partial charge on any atom is 0.276 e. The van der Waals surface area contributed by atoms with Gasteiger partial charge >= 0.3 is 0 Å². The standard InChI is InChI=1S/C20H27N3O2S/c1-15(2)17-6-4-16(5-7-17)14-18-19(24)23(20(26)21(18)3)9-8-22-10-12-25-13-11-22/h4-7,14-15H,8-13H2,1-3H3/p+1/b18-14+. The summed E-state index contributed by atoms with van der Waals surface area (Å²) in [5.41, 5.74) is 2.96. The first kappa shape index (κ1) is 19.0. The second-order valence-electron chi connectivity index (χ2n) is 7.26. The van der Waals surface area contributed by atoms with Crippen molar-refractivity contribution in [2.45, 2.75) is 19.8 Å². The lowest BCUT2D eigenvalue weighted by Gasteiger charge is -2.25. The number of morpholine rings is 1. The van der Waals surface area contributed by atoms with E-state index in [1.807, 2.05) is 18.0 Å². The van der Waals surface area contributed by atoms with Crippen LogP contribution in [-0.2, 0) is 9.53 Å². The molecule has 2 saturated heterocycles. The van der Waals surface area contributed by atoms with Gasteiger partial charge in [0.05, 0.1) is 26.3 Å². The van der Waals surface area contributed by atoms with E-state index >= 15 is 0 Å². The van der Waals surface area contributed by atoms with Crippen molar-refractivity contribution in [3.8, 4) is 0 Å². The molecule has 0 saturated carbocycles. The molecule has 2 fully saturated rings. The van der Waals surface area contributed by atoms with Crippen LogP contribution in [0.15, 0.2) is 30.0 Å². The molecule has 0 aromatic heterocycles. The highest BCUT2D eigenvalue weighted by atomic mass is 32.1. The highest BCUT2D eigenvalue weighted by Gasteiger charge is 2.36. The van der Waals surface area contributed by atoms with Gasteiger partial charge in [-0.3, -0.25) is 9.69 Å². The third-order valence-corrected chi connectivity index (χ3v) is 5.63. The fourth-order valence-electron chi connectivity index (χ4n) is 3.32. The average molecular weight is 375 g/mol. The SMILES string of the molecule is CC(C)c1ccc(/C=C2\C(=O)N(CC[NH+]3CCOCC3)C(=S)N2C)cc1. The topological polar surface area (TPSA) is 37.2 Å². The second-order valence-corrected chi connectivity index (χ2v) is 7.63. The Morgan fingerprint density at radius 1 is 1.23 bits per heavy atom. The van der Waals surface area contributed by atoms with Crippen LogP contribution in [0.1, 0.15) is 30.9 Å². The van der Waals surface area contributed by atoms with Crippen LogP contribution in [0.2, 0.25) is 0 Å². The number of benzene rings is 1. The highest BCUT2D eigenvalue weighted by molar-refractivity contribution is 7.80. The summed E-state index contributed by atoms with van der Waals surface area (Å²) in [7, 11) is 1.87. The van der Waals surface area contributed by atoms with E-state index < -0.39 is 0 Å². The van der Waals surface area contributed by atoms with Gasteiger partial charge in [0.1, 0.15) is 18.8 Å². The number of carbonyl (C=O) groups excluding carboxylic acids is 1. The van der Waals surface area contributed by atoms with E-state index in [1.165, 1.54) is 10.5 Å². The van der Waals surface area contributed by atoms with E-state index in [-0.39, 0.29) is 5.91 Å².